The van der Waals surface area contributed by atoms with E-state index in [1.807, 2.05) is 43.3 Å². The Morgan fingerprint density at radius 2 is 2.04 bits per heavy atom. The predicted molar refractivity (Wildman–Crippen MR) is 107 cm³/mol. The van der Waals surface area contributed by atoms with Crippen LogP contribution in [-0.2, 0) is 16.0 Å². The van der Waals surface area contributed by atoms with E-state index in [9.17, 15) is 14.7 Å². The number of aromatic nitrogens is 2. The maximum atomic E-state index is 12.5. The summed E-state index contributed by atoms with van der Waals surface area (Å²) in [5, 5.41) is 16.9. The molecule has 28 heavy (non-hydrogen) atoms. The smallest absolute Gasteiger partial charge is 0.249 e. The predicted octanol–water partition coefficient (Wildman–Crippen LogP) is 0.857. The molecule has 2 aromatic carbocycles. The highest BCUT2D eigenvalue weighted by molar-refractivity contribution is 6.00. The monoisotopic (exact) mass is 381 g/mol. The number of anilines is 1. The molecule has 2 atom stereocenters. The van der Waals surface area contributed by atoms with E-state index in [2.05, 4.69) is 20.6 Å². The molecule has 0 aliphatic heterocycles. The Hall–Kier alpha value is -3.23. The third-order valence-corrected chi connectivity index (χ3v) is 4.48. The van der Waals surface area contributed by atoms with Crippen molar-refractivity contribution in [2.75, 3.05) is 11.9 Å². The Bertz CT molecular complexity index is 971. The molecular weight excluding hydrogens is 358 g/mol. The van der Waals surface area contributed by atoms with Gasteiger partial charge in [-0.25, -0.2) is 4.98 Å². The number of aliphatic hydroxyl groups excluding tert-OH is 1. The van der Waals surface area contributed by atoms with E-state index in [0.29, 0.717) is 11.4 Å². The highest BCUT2D eigenvalue weighted by Crippen LogP contribution is 2.23. The number of hydrogen-bond acceptors (Lipinski definition) is 5. The van der Waals surface area contributed by atoms with Gasteiger partial charge in [-0.1, -0.05) is 24.3 Å². The van der Waals surface area contributed by atoms with Crippen LogP contribution in [0.5, 0.6) is 0 Å². The number of nitrogens with two attached hydrogens (primary N) is 1. The third-order valence-electron chi connectivity index (χ3n) is 4.48. The van der Waals surface area contributed by atoms with Gasteiger partial charge in [-0.3, -0.25) is 9.59 Å². The zero-order chi connectivity index (χ0) is 20.1. The highest BCUT2D eigenvalue weighted by atomic mass is 16.3. The fourth-order valence-corrected chi connectivity index (χ4v) is 3.00. The number of hydrogen-bond donors (Lipinski definition) is 5. The molecule has 1 heterocycles. The fourth-order valence-electron chi connectivity index (χ4n) is 3.00. The maximum Gasteiger partial charge on any atom is 0.249 e. The highest BCUT2D eigenvalue weighted by Gasteiger charge is 2.24. The normalized spacial score (nSPS) is 13.1. The van der Waals surface area contributed by atoms with Crippen LogP contribution in [0.4, 0.5) is 5.69 Å². The van der Waals surface area contributed by atoms with Crippen molar-refractivity contribution in [3.05, 3.63) is 60.2 Å². The van der Waals surface area contributed by atoms with Crippen LogP contribution in [0.1, 0.15) is 11.3 Å². The minimum Gasteiger partial charge on any atom is -0.394 e. The number of carbonyl (C=O) groups excluding carboxylic acids is 2. The van der Waals surface area contributed by atoms with Crippen molar-refractivity contribution in [1.82, 2.24) is 15.3 Å². The Morgan fingerprint density at radius 1 is 1.25 bits per heavy atom. The first-order valence-electron chi connectivity index (χ1n) is 8.92. The number of nitrogens with one attached hydrogen (secondary N) is 3. The zero-order valence-corrected chi connectivity index (χ0v) is 15.5. The number of amides is 2. The second-order valence-corrected chi connectivity index (χ2v) is 6.63. The number of aryl methyl sites for hydroxylation is 1. The van der Waals surface area contributed by atoms with Crippen LogP contribution >= 0.6 is 0 Å². The van der Waals surface area contributed by atoms with Gasteiger partial charge in [0, 0.05) is 24.0 Å². The van der Waals surface area contributed by atoms with Gasteiger partial charge < -0.3 is 26.5 Å². The van der Waals surface area contributed by atoms with Crippen LogP contribution in [0.25, 0.3) is 10.8 Å². The molecular formula is C20H23N5O3. The van der Waals surface area contributed by atoms with Crippen molar-refractivity contribution in [3.63, 3.8) is 0 Å². The van der Waals surface area contributed by atoms with Crippen molar-refractivity contribution in [2.45, 2.75) is 25.4 Å². The molecule has 8 nitrogen and oxygen atoms in total. The van der Waals surface area contributed by atoms with Gasteiger partial charge in [-0.2, -0.15) is 0 Å². The summed E-state index contributed by atoms with van der Waals surface area (Å²) in [7, 11) is 0. The molecule has 0 aliphatic carbocycles. The van der Waals surface area contributed by atoms with E-state index < -0.39 is 30.5 Å². The van der Waals surface area contributed by atoms with E-state index in [0.717, 1.165) is 16.3 Å². The van der Waals surface area contributed by atoms with Gasteiger partial charge in [0.25, 0.3) is 0 Å². The van der Waals surface area contributed by atoms with E-state index in [1.54, 1.807) is 6.20 Å². The Balaban J connectivity index is 1.65. The first-order chi connectivity index (χ1) is 13.5. The van der Waals surface area contributed by atoms with Gasteiger partial charge in [0.15, 0.2) is 0 Å². The fraction of sp³-hybridized carbons (Fsp3) is 0.250. The molecule has 8 heteroatoms. The summed E-state index contributed by atoms with van der Waals surface area (Å²) in [5.41, 5.74) is 8.19. The number of nitrogens with zero attached hydrogens (tertiary/aromatic N) is 1. The quantitative estimate of drug-likeness (QED) is 0.414. The van der Waals surface area contributed by atoms with Crippen LogP contribution in [0.15, 0.2) is 48.9 Å². The molecule has 0 saturated carbocycles. The van der Waals surface area contributed by atoms with Gasteiger partial charge in [-0.05, 0) is 35.4 Å². The number of fused-ring (bicyclic) bond motifs is 1. The summed E-state index contributed by atoms with van der Waals surface area (Å²) in [6, 6.07) is 9.56. The van der Waals surface area contributed by atoms with Crippen LogP contribution < -0.4 is 16.4 Å². The third kappa shape index (κ3) is 4.54. The maximum absolute atomic E-state index is 12.5. The largest absolute Gasteiger partial charge is 0.394 e. The molecule has 0 bridgehead atoms. The van der Waals surface area contributed by atoms with Crippen LogP contribution in [-0.4, -0.2) is 45.6 Å². The van der Waals surface area contributed by atoms with Gasteiger partial charge in [0.05, 0.1) is 19.0 Å². The molecule has 0 aliphatic rings. The van der Waals surface area contributed by atoms with Crippen LogP contribution in [0, 0.1) is 6.92 Å². The van der Waals surface area contributed by atoms with Crippen molar-refractivity contribution < 1.29 is 14.7 Å². The van der Waals surface area contributed by atoms with Crippen molar-refractivity contribution in [1.29, 1.82) is 0 Å². The van der Waals surface area contributed by atoms with Crippen molar-refractivity contribution in [2.24, 2.45) is 5.73 Å². The van der Waals surface area contributed by atoms with Gasteiger partial charge in [-0.15, -0.1) is 0 Å². The summed E-state index contributed by atoms with van der Waals surface area (Å²) in [6.07, 6.45) is 3.32. The number of aliphatic hydroxyl groups is 1. The molecule has 0 saturated heterocycles. The average Bonchev–Trinajstić information content (AvgIpc) is 3.18. The molecule has 0 fully saturated rings. The van der Waals surface area contributed by atoms with Crippen molar-refractivity contribution >= 4 is 28.3 Å². The van der Waals surface area contributed by atoms with Gasteiger partial charge >= 0.3 is 0 Å². The number of H-pyrrole nitrogens is 1. The first-order valence-corrected chi connectivity index (χ1v) is 8.92. The minimum atomic E-state index is -1.10. The van der Waals surface area contributed by atoms with Gasteiger partial charge in [0.2, 0.25) is 11.8 Å². The Labute approximate surface area is 162 Å². The molecule has 146 valence electrons. The second-order valence-electron chi connectivity index (χ2n) is 6.63. The number of rotatable bonds is 7. The van der Waals surface area contributed by atoms with Crippen molar-refractivity contribution in [3.8, 4) is 0 Å². The summed E-state index contributed by atoms with van der Waals surface area (Å²) in [6.45, 7) is 1.42. The summed E-state index contributed by atoms with van der Waals surface area (Å²) < 4.78 is 0. The van der Waals surface area contributed by atoms with E-state index >= 15 is 0 Å². The molecule has 0 unspecified atom stereocenters. The first kappa shape index (κ1) is 19.5. The SMILES string of the molecule is Cc1cc(NC(=O)[C@H](CO)NC(=O)[C@@H](N)Cc2cnc[nH]2)cc2ccccc12. The minimum absolute atomic E-state index is 0.246. The second kappa shape index (κ2) is 8.64. The standard InChI is InChI=1S/C20H23N5O3/c1-12-6-14(7-13-4-2-3-5-16(12)13)24-20(28)18(10-26)25-19(27)17(21)8-15-9-22-11-23-15/h2-7,9,11,17-18,26H,8,10,21H2,1H3,(H,22,23)(H,24,28)(H,25,27)/t17-,18-/m0/s1. The molecule has 1 aromatic heterocycles. The van der Waals surface area contributed by atoms with E-state index in [4.69, 9.17) is 5.73 Å². The summed E-state index contributed by atoms with van der Waals surface area (Å²) in [5.74, 6) is -1.04. The lowest BCUT2D eigenvalue weighted by atomic mass is 10.0. The lowest BCUT2D eigenvalue weighted by Crippen LogP contribution is -2.52. The van der Waals surface area contributed by atoms with Crippen LogP contribution in [0.2, 0.25) is 0 Å². The van der Waals surface area contributed by atoms with Gasteiger partial charge in [0.1, 0.15) is 6.04 Å². The van der Waals surface area contributed by atoms with E-state index in [-0.39, 0.29) is 6.42 Å². The van der Waals surface area contributed by atoms with Crippen LogP contribution in [0.3, 0.4) is 0 Å². The number of aromatic amines is 1. The molecule has 6 N–H and O–H groups in total. The number of carbonyl (C=O) groups is 2. The molecule has 3 aromatic rings. The summed E-state index contributed by atoms with van der Waals surface area (Å²) in [4.78, 5) is 31.5. The lowest BCUT2D eigenvalue weighted by Gasteiger charge is -2.19. The molecule has 0 spiro atoms. The average molecular weight is 381 g/mol. The van der Waals surface area contributed by atoms with E-state index in [1.165, 1.54) is 6.33 Å². The Kier molecular flexibility index (Phi) is 6.03. The number of benzene rings is 2. The molecule has 0 radical (unpaired) electrons. The summed E-state index contributed by atoms with van der Waals surface area (Å²) >= 11 is 0. The molecule has 3 rings (SSSR count). The zero-order valence-electron chi connectivity index (χ0n) is 15.5. The lowest BCUT2D eigenvalue weighted by molar-refractivity contribution is -0.128. The molecule has 2 amide bonds. The topological polar surface area (TPSA) is 133 Å². The number of imidazole rings is 1. The Morgan fingerprint density at radius 3 is 2.75 bits per heavy atom.